The SMILES string of the molecule is CC1CCCN(Cc2ccc(NCc3ccccc3N)cc2)C1. The Balaban J connectivity index is 1.54. The number of hydrogen-bond acceptors (Lipinski definition) is 3. The van der Waals surface area contributed by atoms with Crippen molar-refractivity contribution < 1.29 is 0 Å². The van der Waals surface area contributed by atoms with Crippen molar-refractivity contribution >= 4 is 11.4 Å². The maximum absolute atomic E-state index is 5.98. The number of anilines is 2. The lowest BCUT2D eigenvalue weighted by molar-refractivity contribution is 0.176. The van der Waals surface area contributed by atoms with Crippen molar-refractivity contribution in [3.63, 3.8) is 0 Å². The smallest absolute Gasteiger partial charge is 0.0421 e. The normalized spacial score (nSPS) is 18.7. The van der Waals surface area contributed by atoms with Crippen LogP contribution in [0.4, 0.5) is 11.4 Å². The highest BCUT2D eigenvalue weighted by atomic mass is 15.1. The quantitative estimate of drug-likeness (QED) is 0.817. The third-order valence-electron chi connectivity index (χ3n) is 4.64. The Morgan fingerprint density at radius 3 is 2.65 bits per heavy atom. The Morgan fingerprint density at radius 1 is 1.13 bits per heavy atom. The summed E-state index contributed by atoms with van der Waals surface area (Å²) in [5.74, 6) is 0.834. The zero-order valence-corrected chi connectivity index (χ0v) is 14.0. The molecule has 0 spiro atoms. The lowest BCUT2D eigenvalue weighted by atomic mass is 10.00. The first-order valence-electron chi connectivity index (χ1n) is 8.59. The molecular formula is C20H27N3. The summed E-state index contributed by atoms with van der Waals surface area (Å²) in [5, 5.41) is 3.45. The molecule has 1 atom stereocenters. The number of likely N-dealkylation sites (tertiary alicyclic amines) is 1. The van der Waals surface area contributed by atoms with Crippen LogP contribution in [-0.4, -0.2) is 18.0 Å². The van der Waals surface area contributed by atoms with Gasteiger partial charge >= 0.3 is 0 Å². The van der Waals surface area contributed by atoms with Crippen molar-refractivity contribution in [2.45, 2.75) is 32.9 Å². The summed E-state index contributed by atoms with van der Waals surface area (Å²) in [4.78, 5) is 2.57. The Morgan fingerprint density at radius 2 is 1.91 bits per heavy atom. The van der Waals surface area contributed by atoms with Gasteiger partial charge in [-0.05, 0) is 54.6 Å². The van der Waals surface area contributed by atoms with Crippen LogP contribution in [0.1, 0.15) is 30.9 Å². The molecule has 3 heteroatoms. The molecule has 1 fully saturated rings. The van der Waals surface area contributed by atoms with E-state index in [4.69, 9.17) is 5.73 Å². The monoisotopic (exact) mass is 309 g/mol. The van der Waals surface area contributed by atoms with Crippen LogP contribution in [0.3, 0.4) is 0 Å². The summed E-state index contributed by atoms with van der Waals surface area (Å²) < 4.78 is 0. The number of para-hydroxylation sites is 1. The van der Waals surface area contributed by atoms with E-state index in [1.807, 2.05) is 18.2 Å². The van der Waals surface area contributed by atoms with Crippen molar-refractivity contribution in [3.05, 3.63) is 59.7 Å². The van der Waals surface area contributed by atoms with E-state index in [1.54, 1.807) is 0 Å². The first kappa shape index (κ1) is 15.9. The molecule has 1 aliphatic heterocycles. The molecule has 0 amide bonds. The van der Waals surface area contributed by atoms with Crippen molar-refractivity contribution in [1.29, 1.82) is 0 Å². The molecule has 0 saturated carbocycles. The lowest BCUT2D eigenvalue weighted by Gasteiger charge is -2.30. The molecule has 3 N–H and O–H groups in total. The van der Waals surface area contributed by atoms with Gasteiger partial charge in [-0.3, -0.25) is 4.90 Å². The summed E-state index contributed by atoms with van der Waals surface area (Å²) in [6.07, 6.45) is 2.71. The second-order valence-electron chi connectivity index (χ2n) is 6.73. The topological polar surface area (TPSA) is 41.3 Å². The van der Waals surface area contributed by atoms with Gasteiger partial charge in [0, 0.05) is 31.0 Å². The number of nitrogens with one attached hydrogen (secondary N) is 1. The minimum absolute atomic E-state index is 0.760. The highest BCUT2D eigenvalue weighted by molar-refractivity contribution is 5.50. The molecule has 1 heterocycles. The first-order chi connectivity index (χ1) is 11.2. The van der Waals surface area contributed by atoms with Gasteiger partial charge in [-0.25, -0.2) is 0 Å². The standard InChI is InChI=1S/C20H27N3/c1-16-5-4-12-23(14-16)15-17-8-10-19(11-9-17)22-13-18-6-2-3-7-20(18)21/h2-3,6-11,16,22H,4-5,12-15,21H2,1H3. The molecule has 3 rings (SSSR count). The summed E-state index contributed by atoms with van der Waals surface area (Å²) in [6.45, 7) is 6.64. The van der Waals surface area contributed by atoms with Gasteiger partial charge in [-0.15, -0.1) is 0 Å². The van der Waals surface area contributed by atoms with Gasteiger partial charge in [0.25, 0.3) is 0 Å². The number of benzene rings is 2. The summed E-state index contributed by atoms with van der Waals surface area (Å²) in [5.41, 5.74) is 10.5. The zero-order chi connectivity index (χ0) is 16.1. The molecule has 23 heavy (non-hydrogen) atoms. The highest BCUT2D eigenvalue weighted by Gasteiger charge is 2.15. The molecule has 2 aromatic carbocycles. The van der Waals surface area contributed by atoms with Gasteiger partial charge in [-0.2, -0.15) is 0 Å². The third kappa shape index (κ3) is 4.49. The Kier molecular flexibility index (Phi) is 5.19. The van der Waals surface area contributed by atoms with Crippen molar-refractivity contribution in [2.24, 2.45) is 5.92 Å². The molecule has 0 aromatic heterocycles. The van der Waals surface area contributed by atoms with Gasteiger partial charge in [0.1, 0.15) is 0 Å². The molecule has 0 radical (unpaired) electrons. The van der Waals surface area contributed by atoms with Crippen LogP contribution >= 0.6 is 0 Å². The van der Waals surface area contributed by atoms with Crippen molar-refractivity contribution in [2.75, 3.05) is 24.1 Å². The van der Waals surface area contributed by atoms with E-state index in [9.17, 15) is 0 Å². The minimum Gasteiger partial charge on any atom is -0.398 e. The van der Waals surface area contributed by atoms with Crippen LogP contribution < -0.4 is 11.1 Å². The van der Waals surface area contributed by atoms with Crippen molar-refractivity contribution in [3.8, 4) is 0 Å². The second-order valence-corrected chi connectivity index (χ2v) is 6.73. The van der Waals surface area contributed by atoms with E-state index in [2.05, 4.69) is 47.5 Å². The fraction of sp³-hybridized carbons (Fsp3) is 0.400. The van der Waals surface area contributed by atoms with Crippen LogP contribution in [0.15, 0.2) is 48.5 Å². The van der Waals surface area contributed by atoms with E-state index < -0.39 is 0 Å². The van der Waals surface area contributed by atoms with Crippen LogP contribution in [0.5, 0.6) is 0 Å². The molecule has 1 aliphatic rings. The van der Waals surface area contributed by atoms with Gasteiger partial charge in [0.05, 0.1) is 0 Å². The Labute approximate surface area is 139 Å². The molecule has 0 bridgehead atoms. The minimum atomic E-state index is 0.760. The van der Waals surface area contributed by atoms with Crippen LogP contribution in [0, 0.1) is 5.92 Å². The average molecular weight is 309 g/mol. The van der Waals surface area contributed by atoms with E-state index in [0.29, 0.717) is 0 Å². The Hall–Kier alpha value is -2.00. The summed E-state index contributed by atoms with van der Waals surface area (Å²) in [7, 11) is 0. The number of rotatable bonds is 5. The first-order valence-corrected chi connectivity index (χ1v) is 8.59. The van der Waals surface area contributed by atoms with Gasteiger partial charge in [-0.1, -0.05) is 37.3 Å². The van der Waals surface area contributed by atoms with E-state index >= 15 is 0 Å². The fourth-order valence-corrected chi connectivity index (χ4v) is 3.31. The highest BCUT2D eigenvalue weighted by Crippen LogP contribution is 2.19. The van der Waals surface area contributed by atoms with E-state index in [1.165, 1.54) is 31.5 Å². The Bertz CT molecular complexity index is 621. The largest absolute Gasteiger partial charge is 0.398 e. The predicted molar refractivity (Wildman–Crippen MR) is 98.3 cm³/mol. The third-order valence-corrected chi connectivity index (χ3v) is 4.64. The molecule has 0 aliphatic carbocycles. The van der Waals surface area contributed by atoms with E-state index in [0.717, 1.165) is 35.9 Å². The molecule has 3 nitrogen and oxygen atoms in total. The molecular weight excluding hydrogens is 282 g/mol. The number of nitrogens with zero attached hydrogens (tertiary/aromatic N) is 1. The number of nitrogen functional groups attached to an aromatic ring is 1. The number of hydrogen-bond donors (Lipinski definition) is 2. The van der Waals surface area contributed by atoms with E-state index in [-0.39, 0.29) is 0 Å². The maximum atomic E-state index is 5.98. The van der Waals surface area contributed by atoms with Crippen molar-refractivity contribution in [1.82, 2.24) is 4.90 Å². The number of nitrogens with two attached hydrogens (primary N) is 1. The summed E-state index contributed by atoms with van der Waals surface area (Å²) in [6, 6.07) is 16.8. The second kappa shape index (κ2) is 7.51. The van der Waals surface area contributed by atoms with Crippen LogP contribution in [0.2, 0.25) is 0 Å². The molecule has 1 unspecified atom stereocenters. The fourth-order valence-electron chi connectivity index (χ4n) is 3.31. The average Bonchev–Trinajstić information content (AvgIpc) is 2.56. The molecule has 122 valence electrons. The van der Waals surface area contributed by atoms with Gasteiger partial charge in [0.15, 0.2) is 0 Å². The predicted octanol–water partition coefficient (Wildman–Crippen LogP) is 4.11. The van der Waals surface area contributed by atoms with Crippen LogP contribution in [-0.2, 0) is 13.1 Å². The lowest BCUT2D eigenvalue weighted by Crippen LogP contribution is -2.33. The van der Waals surface area contributed by atoms with Gasteiger partial charge < -0.3 is 11.1 Å². The maximum Gasteiger partial charge on any atom is 0.0421 e. The molecule has 2 aromatic rings. The van der Waals surface area contributed by atoms with Crippen LogP contribution in [0.25, 0.3) is 0 Å². The summed E-state index contributed by atoms with van der Waals surface area (Å²) >= 11 is 0. The van der Waals surface area contributed by atoms with Gasteiger partial charge in [0.2, 0.25) is 0 Å². The number of piperidine rings is 1. The zero-order valence-electron chi connectivity index (χ0n) is 14.0. The molecule has 1 saturated heterocycles.